The first-order valence-electron chi connectivity index (χ1n) is 9.42. The number of benzene rings is 1. The molecule has 1 amide bonds. The van der Waals surface area contributed by atoms with Crippen LogP contribution in [0.15, 0.2) is 18.2 Å². The van der Waals surface area contributed by atoms with Gasteiger partial charge in [-0.05, 0) is 57.2 Å². The van der Waals surface area contributed by atoms with Gasteiger partial charge in [-0.15, -0.1) is 0 Å². The van der Waals surface area contributed by atoms with Gasteiger partial charge in [0, 0.05) is 17.3 Å². The van der Waals surface area contributed by atoms with Gasteiger partial charge < -0.3 is 5.32 Å². The number of anilines is 1. The van der Waals surface area contributed by atoms with Crippen molar-refractivity contribution in [3.8, 4) is 0 Å². The second-order valence-electron chi connectivity index (χ2n) is 7.96. The SMILES string of the molecule is Cc1cc(C)c(NC(=O)c2cc(C3CC3)n(C3CCS(=O)(=O)C3)n2)c(C)c1. The van der Waals surface area contributed by atoms with Crippen LogP contribution in [0.2, 0.25) is 0 Å². The van der Waals surface area contributed by atoms with Crippen molar-refractivity contribution in [3.05, 3.63) is 46.3 Å². The third-order valence-corrected chi connectivity index (χ3v) is 7.21. The summed E-state index contributed by atoms with van der Waals surface area (Å²) in [7, 11) is -3.00. The van der Waals surface area contributed by atoms with Gasteiger partial charge in [0.15, 0.2) is 15.5 Å². The number of nitrogens with zero attached hydrogens (tertiary/aromatic N) is 2. The fourth-order valence-electron chi connectivity index (χ4n) is 4.02. The summed E-state index contributed by atoms with van der Waals surface area (Å²) in [5, 5.41) is 7.53. The molecule has 0 spiro atoms. The minimum atomic E-state index is -3.00. The third kappa shape index (κ3) is 3.65. The minimum Gasteiger partial charge on any atom is -0.320 e. The molecule has 4 rings (SSSR count). The fourth-order valence-corrected chi connectivity index (χ4v) is 5.71. The molecular weight excluding hydrogens is 362 g/mol. The molecule has 2 aliphatic rings. The van der Waals surface area contributed by atoms with Crippen LogP contribution in [0.4, 0.5) is 5.69 Å². The lowest BCUT2D eigenvalue weighted by molar-refractivity contribution is 0.102. The topological polar surface area (TPSA) is 81.1 Å². The standard InChI is InChI=1S/C20H25N3O3S/c1-12-8-13(2)19(14(3)9-12)21-20(24)17-10-18(15-4-5-15)23(22-17)16-6-7-27(25,26)11-16/h8-10,15-16H,4-7,11H2,1-3H3,(H,21,24). The molecule has 27 heavy (non-hydrogen) atoms. The largest absolute Gasteiger partial charge is 0.320 e. The summed E-state index contributed by atoms with van der Waals surface area (Å²) in [6, 6.07) is 5.77. The van der Waals surface area contributed by atoms with Crippen molar-refractivity contribution >= 4 is 21.4 Å². The lowest BCUT2D eigenvalue weighted by atomic mass is 10.0. The van der Waals surface area contributed by atoms with Crippen molar-refractivity contribution < 1.29 is 13.2 Å². The van der Waals surface area contributed by atoms with Crippen molar-refractivity contribution in [2.45, 2.75) is 52.0 Å². The van der Waals surface area contributed by atoms with Crippen molar-refractivity contribution in [3.63, 3.8) is 0 Å². The van der Waals surface area contributed by atoms with E-state index in [0.717, 1.165) is 40.9 Å². The van der Waals surface area contributed by atoms with E-state index in [1.165, 1.54) is 0 Å². The van der Waals surface area contributed by atoms with E-state index in [2.05, 4.69) is 10.4 Å². The van der Waals surface area contributed by atoms with Gasteiger partial charge in [0.25, 0.3) is 5.91 Å². The highest BCUT2D eigenvalue weighted by atomic mass is 32.2. The van der Waals surface area contributed by atoms with Gasteiger partial charge in [0.1, 0.15) is 0 Å². The summed E-state index contributed by atoms with van der Waals surface area (Å²) in [6.07, 6.45) is 2.71. The molecule has 1 aliphatic heterocycles. The molecule has 2 heterocycles. The van der Waals surface area contributed by atoms with Gasteiger partial charge in [0.2, 0.25) is 0 Å². The van der Waals surface area contributed by atoms with E-state index in [1.54, 1.807) is 0 Å². The Kier molecular flexibility index (Phi) is 4.37. The number of rotatable bonds is 4. The number of amides is 1. The molecule has 2 aromatic rings. The molecule has 1 saturated carbocycles. The summed E-state index contributed by atoms with van der Waals surface area (Å²) < 4.78 is 25.6. The smallest absolute Gasteiger partial charge is 0.276 e. The zero-order valence-electron chi connectivity index (χ0n) is 15.9. The molecule has 1 N–H and O–H groups in total. The first kappa shape index (κ1) is 18.2. The fraction of sp³-hybridized carbons (Fsp3) is 0.500. The molecular formula is C20H25N3O3S. The molecule has 0 bridgehead atoms. The highest BCUT2D eigenvalue weighted by Gasteiger charge is 2.36. The molecule has 2 fully saturated rings. The first-order chi connectivity index (χ1) is 12.7. The molecule has 7 heteroatoms. The highest BCUT2D eigenvalue weighted by Crippen LogP contribution is 2.42. The van der Waals surface area contributed by atoms with Crippen molar-refractivity contribution in [2.24, 2.45) is 0 Å². The van der Waals surface area contributed by atoms with Gasteiger partial charge >= 0.3 is 0 Å². The summed E-state index contributed by atoms with van der Waals surface area (Å²) in [5.41, 5.74) is 5.37. The maximum atomic E-state index is 12.8. The van der Waals surface area contributed by atoms with E-state index in [9.17, 15) is 13.2 Å². The van der Waals surface area contributed by atoms with Gasteiger partial charge in [-0.1, -0.05) is 17.7 Å². The maximum Gasteiger partial charge on any atom is 0.276 e. The number of hydrogen-bond acceptors (Lipinski definition) is 4. The highest BCUT2D eigenvalue weighted by molar-refractivity contribution is 7.91. The second-order valence-corrected chi connectivity index (χ2v) is 10.2. The van der Waals surface area contributed by atoms with E-state index in [4.69, 9.17) is 0 Å². The van der Waals surface area contributed by atoms with E-state index >= 15 is 0 Å². The molecule has 1 atom stereocenters. The van der Waals surface area contributed by atoms with Crippen molar-refractivity contribution in [2.75, 3.05) is 16.8 Å². The predicted molar refractivity (Wildman–Crippen MR) is 105 cm³/mol. The Morgan fingerprint density at radius 2 is 1.78 bits per heavy atom. The van der Waals surface area contributed by atoms with Crippen LogP contribution < -0.4 is 5.32 Å². The summed E-state index contributed by atoms with van der Waals surface area (Å²) in [5.74, 6) is 0.466. The van der Waals surface area contributed by atoms with Crippen LogP contribution in [-0.2, 0) is 9.84 Å². The number of carbonyl (C=O) groups is 1. The number of aryl methyl sites for hydroxylation is 3. The van der Waals surface area contributed by atoms with Crippen LogP contribution in [0, 0.1) is 20.8 Å². The Bertz CT molecular complexity index is 996. The van der Waals surface area contributed by atoms with Crippen molar-refractivity contribution in [1.82, 2.24) is 9.78 Å². The molecule has 1 aliphatic carbocycles. The van der Waals surface area contributed by atoms with Crippen LogP contribution in [0.3, 0.4) is 0 Å². The van der Waals surface area contributed by atoms with Crippen LogP contribution in [0.5, 0.6) is 0 Å². The summed E-state index contributed by atoms with van der Waals surface area (Å²) in [6.45, 7) is 5.99. The van der Waals surface area contributed by atoms with Gasteiger partial charge in [-0.25, -0.2) is 8.42 Å². The van der Waals surface area contributed by atoms with Crippen LogP contribution >= 0.6 is 0 Å². The zero-order chi connectivity index (χ0) is 19.3. The molecule has 1 aromatic heterocycles. The number of aromatic nitrogens is 2. The van der Waals surface area contributed by atoms with Crippen molar-refractivity contribution in [1.29, 1.82) is 0 Å². The molecule has 144 valence electrons. The Balaban J connectivity index is 1.63. The summed E-state index contributed by atoms with van der Waals surface area (Å²) in [4.78, 5) is 12.8. The number of hydrogen-bond donors (Lipinski definition) is 1. The monoisotopic (exact) mass is 387 g/mol. The lowest BCUT2D eigenvalue weighted by Gasteiger charge is -2.13. The van der Waals surface area contributed by atoms with Crippen LogP contribution in [0.25, 0.3) is 0 Å². The van der Waals surface area contributed by atoms with E-state index < -0.39 is 9.84 Å². The third-order valence-electron chi connectivity index (χ3n) is 5.46. The zero-order valence-corrected chi connectivity index (χ0v) is 16.8. The first-order valence-corrected chi connectivity index (χ1v) is 11.2. The number of carbonyl (C=O) groups excluding carboxylic acids is 1. The van der Waals surface area contributed by atoms with Crippen LogP contribution in [0.1, 0.15) is 64.1 Å². The van der Waals surface area contributed by atoms with Gasteiger partial charge in [-0.3, -0.25) is 9.48 Å². The quantitative estimate of drug-likeness (QED) is 0.873. The Labute approximate surface area is 159 Å². The van der Waals surface area contributed by atoms with Gasteiger partial charge in [-0.2, -0.15) is 5.10 Å². The number of sulfone groups is 1. The Morgan fingerprint density at radius 1 is 1.11 bits per heavy atom. The molecule has 1 saturated heterocycles. The Hall–Kier alpha value is -2.15. The van der Waals surface area contributed by atoms with E-state index in [0.29, 0.717) is 18.0 Å². The van der Waals surface area contributed by atoms with Crippen LogP contribution in [-0.4, -0.2) is 35.6 Å². The molecule has 0 radical (unpaired) electrons. The lowest BCUT2D eigenvalue weighted by Crippen LogP contribution is -2.17. The Morgan fingerprint density at radius 3 is 2.33 bits per heavy atom. The summed E-state index contributed by atoms with van der Waals surface area (Å²) >= 11 is 0. The molecule has 1 unspecified atom stereocenters. The second kappa shape index (κ2) is 6.48. The molecule has 1 aromatic carbocycles. The van der Waals surface area contributed by atoms with E-state index in [-0.39, 0.29) is 23.5 Å². The van der Waals surface area contributed by atoms with E-state index in [1.807, 2.05) is 43.7 Å². The maximum absolute atomic E-state index is 12.8. The normalized spacial score (nSPS) is 21.4. The van der Waals surface area contributed by atoms with Gasteiger partial charge in [0.05, 0.1) is 17.5 Å². The minimum absolute atomic E-state index is 0.117. The molecule has 6 nitrogen and oxygen atoms in total. The average Bonchev–Trinajstić information content (AvgIpc) is 3.22. The average molecular weight is 388 g/mol. The number of nitrogens with one attached hydrogen (secondary N) is 1. The predicted octanol–water partition coefficient (Wildman–Crippen LogP) is 3.30.